The Balaban J connectivity index is 2.32. The first-order valence-corrected chi connectivity index (χ1v) is 7.70. The number of benzene rings is 1. The Kier molecular flexibility index (Phi) is 4.59. The smallest absolute Gasteiger partial charge is 0.324 e. The Morgan fingerprint density at radius 3 is 2.70 bits per heavy atom. The number of rotatable bonds is 3. The van der Waals surface area contributed by atoms with Crippen LogP contribution in [0.25, 0.3) is 0 Å². The summed E-state index contributed by atoms with van der Waals surface area (Å²) in [5, 5.41) is 10.5. The summed E-state index contributed by atoms with van der Waals surface area (Å²) in [7, 11) is 0. The van der Waals surface area contributed by atoms with Gasteiger partial charge < -0.3 is 9.84 Å². The highest BCUT2D eigenvalue weighted by atomic mass is 35.5. The summed E-state index contributed by atoms with van der Waals surface area (Å²) >= 11 is 12.3. The number of ether oxygens (including phenoxy) is 1. The molecular formula is C13H14ClNO3S2. The molecule has 2 atom stereocenters. The second-order valence-electron chi connectivity index (χ2n) is 4.42. The summed E-state index contributed by atoms with van der Waals surface area (Å²) in [6.45, 7) is 3.54. The van der Waals surface area contributed by atoms with Crippen LogP contribution in [0.1, 0.15) is 13.8 Å². The standard InChI is InChI=1S/C13H14ClNO3S2/c1-3-18-11(16)10-13(2,17)15(12(19)20-10)9-6-4-8(14)5-7-9/h4-7,10,17H,3H2,1-2H3. The van der Waals surface area contributed by atoms with Crippen LogP contribution in [0.3, 0.4) is 0 Å². The predicted molar refractivity (Wildman–Crippen MR) is 85.2 cm³/mol. The molecule has 1 heterocycles. The highest BCUT2D eigenvalue weighted by Crippen LogP contribution is 2.42. The van der Waals surface area contributed by atoms with Crippen LogP contribution in [-0.4, -0.2) is 33.0 Å². The highest BCUT2D eigenvalue weighted by Gasteiger charge is 2.52. The fourth-order valence-electron chi connectivity index (χ4n) is 2.01. The van der Waals surface area contributed by atoms with Crippen molar-refractivity contribution in [3.05, 3.63) is 29.3 Å². The van der Waals surface area contributed by atoms with Crippen molar-refractivity contribution in [1.82, 2.24) is 0 Å². The molecule has 1 N–H and O–H groups in total. The fraction of sp³-hybridized carbons (Fsp3) is 0.385. The van der Waals surface area contributed by atoms with Crippen LogP contribution in [-0.2, 0) is 9.53 Å². The van der Waals surface area contributed by atoms with Crippen molar-refractivity contribution in [1.29, 1.82) is 0 Å². The van der Waals surface area contributed by atoms with E-state index in [1.165, 1.54) is 0 Å². The molecule has 1 aliphatic heterocycles. The SMILES string of the molecule is CCOC(=O)C1SC(=S)N(c2ccc(Cl)cc2)C1(C)O. The summed E-state index contributed by atoms with van der Waals surface area (Å²) in [5.41, 5.74) is -0.759. The molecule has 0 saturated carbocycles. The molecule has 0 radical (unpaired) electrons. The predicted octanol–water partition coefficient (Wildman–Crippen LogP) is 2.82. The van der Waals surface area contributed by atoms with E-state index >= 15 is 0 Å². The molecule has 1 aromatic rings. The number of halogens is 1. The van der Waals surface area contributed by atoms with Crippen LogP contribution >= 0.6 is 35.6 Å². The molecule has 20 heavy (non-hydrogen) atoms. The Bertz CT molecular complexity index is 533. The molecule has 1 aromatic carbocycles. The van der Waals surface area contributed by atoms with Gasteiger partial charge in [0, 0.05) is 10.7 Å². The number of aliphatic hydroxyl groups is 1. The Morgan fingerprint density at radius 2 is 2.15 bits per heavy atom. The molecule has 2 rings (SSSR count). The van der Waals surface area contributed by atoms with E-state index in [0.717, 1.165) is 11.8 Å². The van der Waals surface area contributed by atoms with Gasteiger partial charge in [-0.15, -0.1) is 0 Å². The Morgan fingerprint density at radius 1 is 1.55 bits per heavy atom. The molecule has 4 nitrogen and oxygen atoms in total. The number of esters is 1. The van der Waals surface area contributed by atoms with E-state index in [0.29, 0.717) is 15.0 Å². The summed E-state index contributed by atoms with van der Waals surface area (Å²) in [5.74, 6) is -0.471. The lowest BCUT2D eigenvalue weighted by Gasteiger charge is -2.33. The van der Waals surface area contributed by atoms with Crippen LogP contribution in [0.2, 0.25) is 5.02 Å². The average Bonchev–Trinajstić information content (AvgIpc) is 2.61. The van der Waals surface area contributed by atoms with Crippen molar-refractivity contribution in [2.75, 3.05) is 11.5 Å². The maximum Gasteiger partial charge on any atom is 0.324 e. The molecule has 7 heteroatoms. The molecule has 1 fully saturated rings. The number of carbonyl (C=O) groups is 1. The molecule has 0 bridgehead atoms. The zero-order valence-electron chi connectivity index (χ0n) is 11.0. The number of thiocarbonyl (C=S) groups is 1. The molecular weight excluding hydrogens is 318 g/mol. The molecule has 1 aliphatic rings. The summed E-state index contributed by atoms with van der Waals surface area (Å²) in [6, 6.07) is 6.91. The van der Waals surface area contributed by atoms with E-state index in [1.54, 1.807) is 43.0 Å². The third-order valence-corrected chi connectivity index (χ3v) is 4.92. The number of nitrogens with zero attached hydrogens (tertiary/aromatic N) is 1. The number of carbonyl (C=O) groups excluding carboxylic acids is 1. The van der Waals surface area contributed by atoms with E-state index in [-0.39, 0.29) is 6.61 Å². The minimum absolute atomic E-state index is 0.264. The van der Waals surface area contributed by atoms with Gasteiger partial charge in [0.05, 0.1) is 6.61 Å². The largest absolute Gasteiger partial charge is 0.465 e. The number of hydrogen-bond acceptors (Lipinski definition) is 5. The van der Waals surface area contributed by atoms with Crippen LogP contribution in [0.15, 0.2) is 24.3 Å². The molecule has 0 aromatic heterocycles. The fourth-order valence-corrected chi connectivity index (χ4v) is 3.81. The van der Waals surface area contributed by atoms with Crippen molar-refractivity contribution in [2.45, 2.75) is 24.8 Å². The van der Waals surface area contributed by atoms with Gasteiger partial charge in [-0.3, -0.25) is 9.69 Å². The van der Waals surface area contributed by atoms with Crippen molar-refractivity contribution in [3.8, 4) is 0 Å². The number of hydrogen-bond donors (Lipinski definition) is 1. The van der Waals surface area contributed by atoms with Crippen molar-refractivity contribution < 1.29 is 14.6 Å². The van der Waals surface area contributed by atoms with Crippen LogP contribution in [0.4, 0.5) is 5.69 Å². The van der Waals surface area contributed by atoms with Gasteiger partial charge in [0.25, 0.3) is 0 Å². The van der Waals surface area contributed by atoms with Crippen molar-refractivity contribution in [3.63, 3.8) is 0 Å². The topological polar surface area (TPSA) is 49.8 Å². The zero-order valence-corrected chi connectivity index (χ0v) is 13.4. The third kappa shape index (κ3) is 2.79. The quantitative estimate of drug-likeness (QED) is 0.679. The van der Waals surface area contributed by atoms with Gasteiger partial charge in [-0.25, -0.2) is 0 Å². The Hall–Kier alpha value is -0.820. The van der Waals surface area contributed by atoms with Crippen LogP contribution < -0.4 is 4.90 Å². The molecule has 2 unspecified atom stereocenters. The molecule has 1 saturated heterocycles. The lowest BCUT2D eigenvalue weighted by atomic mass is 10.1. The minimum atomic E-state index is -1.44. The van der Waals surface area contributed by atoms with E-state index in [9.17, 15) is 9.90 Å². The van der Waals surface area contributed by atoms with Gasteiger partial charge in [-0.2, -0.15) is 0 Å². The number of anilines is 1. The third-order valence-electron chi connectivity index (χ3n) is 2.94. The summed E-state index contributed by atoms with van der Waals surface area (Å²) in [6.07, 6.45) is 0. The maximum atomic E-state index is 11.9. The van der Waals surface area contributed by atoms with E-state index in [1.807, 2.05) is 0 Å². The first-order valence-electron chi connectivity index (χ1n) is 6.03. The van der Waals surface area contributed by atoms with Crippen molar-refractivity contribution in [2.24, 2.45) is 0 Å². The van der Waals surface area contributed by atoms with Gasteiger partial charge in [0.2, 0.25) is 0 Å². The zero-order chi connectivity index (χ0) is 14.9. The maximum absolute atomic E-state index is 11.9. The molecule has 108 valence electrons. The first kappa shape index (κ1) is 15.6. The Labute approximate surface area is 132 Å². The van der Waals surface area contributed by atoms with Crippen molar-refractivity contribution >= 4 is 51.6 Å². The number of thioether (sulfide) groups is 1. The normalized spacial score (nSPS) is 25.9. The molecule has 0 spiro atoms. The molecule has 0 amide bonds. The van der Waals surface area contributed by atoms with E-state index < -0.39 is 16.9 Å². The highest BCUT2D eigenvalue weighted by molar-refractivity contribution is 8.24. The van der Waals surface area contributed by atoms with Gasteiger partial charge >= 0.3 is 5.97 Å². The van der Waals surface area contributed by atoms with E-state index in [4.69, 9.17) is 28.6 Å². The average molecular weight is 332 g/mol. The first-order chi connectivity index (χ1) is 9.37. The lowest BCUT2D eigenvalue weighted by molar-refractivity contribution is -0.146. The minimum Gasteiger partial charge on any atom is -0.465 e. The summed E-state index contributed by atoms with van der Waals surface area (Å²) in [4.78, 5) is 13.5. The van der Waals surface area contributed by atoms with Gasteiger partial charge in [-0.1, -0.05) is 35.6 Å². The monoisotopic (exact) mass is 331 g/mol. The van der Waals surface area contributed by atoms with E-state index in [2.05, 4.69) is 0 Å². The molecule has 0 aliphatic carbocycles. The van der Waals surface area contributed by atoms with Gasteiger partial charge in [-0.05, 0) is 38.1 Å². The second kappa shape index (κ2) is 5.89. The van der Waals surface area contributed by atoms with Gasteiger partial charge in [0.15, 0.2) is 11.0 Å². The van der Waals surface area contributed by atoms with Crippen LogP contribution in [0.5, 0.6) is 0 Å². The van der Waals surface area contributed by atoms with Crippen LogP contribution in [0, 0.1) is 0 Å². The summed E-state index contributed by atoms with van der Waals surface area (Å²) < 4.78 is 5.41. The van der Waals surface area contributed by atoms with Gasteiger partial charge in [0.1, 0.15) is 4.32 Å². The lowest BCUT2D eigenvalue weighted by Crippen LogP contribution is -2.51. The second-order valence-corrected chi connectivity index (χ2v) is 6.60.